The molecule has 1 aliphatic rings. The molecule has 0 unspecified atom stereocenters. The van der Waals surface area contributed by atoms with E-state index in [1.54, 1.807) is 25.1 Å². The van der Waals surface area contributed by atoms with Crippen LogP contribution in [0.3, 0.4) is 0 Å². The number of hydrogen-bond acceptors (Lipinski definition) is 5. The number of sulfonamides is 1. The van der Waals surface area contributed by atoms with Gasteiger partial charge in [0.05, 0.1) is 23.0 Å². The quantitative estimate of drug-likeness (QED) is 0.244. The first-order valence-electron chi connectivity index (χ1n) is 13.4. The summed E-state index contributed by atoms with van der Waals surface area (Å²) in [5.41, 5.74) is 0.0194. The second-order valence-electron chi connectivity index (χ2n) is 10.1. The lowest BCUT2D eigenvalue weighted by Crippen LogP contribution is -2.37. The van der Waals surface area contributed by atoms with Crippen LogP contribution in [-0.2, 0) is 26.1 Å². The summed E-state index contributed by atoms with van der Waals surface area (Å²) in [7, 11) is -4.24. The van der Waals surface area contributed by atoms with Gasteiger partial charge in [0.1, 0.15) is 5.82 Å². The van der Waals surface area contributed by atoms with Crippen LogP contribution in [0.1, 0.15) is 48.5 Å². The van der Waals surface area contributed by atoms with E-state index < -0.39 is 38.9 Å². The molecule has 1 N–H and O–H groups in total. The number of esters is 1. The van der Waals surface area contributed by atoms with Crippen molar-refractivity contribution in [3.8, 4) is 0 Å². The number of amides is 1. The highest BCUT2D eigenvalue weighted by atomic mass is 79.9. The van der Waals surface area contributed by atoms with Gasteiger partial charge in [0.25, 0.3) is 5.91 Å². The van der Waals surface area contributed by atoms with Crippen molar-refractivity contribution >= 4 is 43.5 Å². The minimum absolute atomic E-state index is 0.0212. The van der Waals surface area contributed by atoms with Crippen LogP contribution >= 0.6 is 15.9 Å². The minimum Gasteiger partial charge on any atom is -0.466 e. The monoisotopic (exact) mass is 666 g/mol. The minimum atomic E-state index is -4.24. The van der Waals surface area contributed by atoms with Crippen molar-refractivity contribution in [1.82, 2.24) is 4.31 Å². The smallest absolute Gasteiger partial charge is 0.308 e. The van der Waals surface area contributed by atoms with E-state index in [2.05, 4.69) is 21.2 Å². The number of carbonyl (C=O) groups excluding carboxylic acids is 2. The largest absolute Gasteiger partial charge is 0.466 e. The van der Waals surface area contributed by atoms with Crippen LogP contribution in [-0.4, -0.2) is 37.8 Å². The van der Waals surface area contributed by atoms with Gasteiger partial charge in [0, 0.05) is 29.3 Å². The number of nitrogens with zero attached hydrogens (tertiary/aromatic N) is 1. The zero-order chi connectivity index (χ0) is 30.4. The Labute approximate surface area is 251 Å². The molecule has 224 valence electrons. The summed E-state index contributed by atoms with van der Waals surface area (Å²) in [5, 5.41) is 2.27. The Morgan fingerprint density at radius 2 is 1.67 bits per heavy atom. The number of halogens is 4. The van der Waals surface area contributed by atoms with Gasteiger partial charge in [-0.05, 0) is 86.6 Å². The first kappa shape index (κ1) is 31.7. The van der Waals surface area contributed by atoms with Crippen molar-refractivity contribution < 1.29 is 35.9 Å². The number of rotatable bonds is 10. The SMILES string of the molecule is CCOC(=O)C1CCC(CN(Cc2cccc(Br)c2)S(=O)(=O)c2ccc(F)c(C(=O)Nc3ccc(F)c(F)c3)c2)CC1. The van der Waals surface area contributed by atoms with Gasteiger partial charge in [-0.3, -0.25) is 9.59 Å². The van der Waals surface area contributed by atoms with Gasteiger partial charge in [-0.2, -0.15) is 4.31 Å². The van der Waals surface area contributed by atoms with Gasteiger partial charge in [0.15, 0.2) is 11.6 Å². The van der Waals surface area contributed by atoms with Crippen molar-refractivity contribution in [3.63, 3.8) is 0 Å². The third-order valence-electron chi connectivity index (χ3n) is 7.17. The number of ether oxygens (including phenoxy) is 1. The Morgan fingerprint density at radius 1 is 0.952 bits per heavy atom. The molecule has 1 fully saturated rings. The lowest BCUT2D eigenvalue weighted by Gasteiger charge is -2.31. The molecule has 0 aromatic heterocycles. The molecule has 3 aromatic rings. The summed E-state index contributed by atoms with van der Waals surface area (Å²) in [6.07, 6.45) is 2.41. The number of hydrogen-bond donors (Lipinski definition) is 1. The van der Waals surface area contributed by atoms with E-state index >= 15 is 0 Å². The molecule has 0 spiro atoms. The van der Waals surface area contributed by atoms with Crippen LogP contribution in [0.4, 0.5) is 18.9 Å². The number of anilines is 1. The summed E-state index contributed by atoms with van der Waals surface area (Å²) in [6.45, 7) is 2.22. The highest BCUT2D eigenvalue weighted by Gasteiger charge is 2.33. The van der Waals surface area contributed by atoms with E-state index in [-0.39, 0.29) is 41.5 Å². The second kappa shape index (κ2) is 13.8. The Hall–Kier alpha value is -3.22. The predicted octanol–water partition coefficient (Wildman–Crippen LogP) is 6.68. The standard InChI is InChI=1S/C30H30BrF3N2O5S/c1-2-41-30(38)21-8-6-19(7-9-21)17-36(18-20-4-3-5-22(31)14-20)42(39,40)24-11-13-26(32)25(16-24)29(37)35-23-10-12-27(33)28(34)15-23/h3-5,10-16,19,21H,2,6-9,17-18H2,1H3,(H,35,37). The van der Waals surface area contributed by atoms with Crippen LogP contribution in [0.5, 0.6) is 0 Å². The highest BCUT2D eigenvalue weighted by Crippen LogP contribution is 2.32. The van der Waals surface area contributed by atoms with Crippen molar-refractivity contribution in [1.29, 1.82) is 0 Å². The summed E-state index contributed by atoms with van der Waals surface area (Å²) >= 11 is 3.41. The van der Waals surface area contributed by atoms with Crippen molar-refractivity contribution in [2.24, 2.45) is 11.8 Å². The van der Waals surface area contributed by atoms with Crippen molar-refractivity contribution in [3.05, 3.63) is 93.7 Å². The number of benzene rings is 3. The molecule has 1 saturated carbocycles. The lowest BCUT2D eigenvalue weighted by molar-refractivity contribution is -0.149. The molecule has 0 heterocycles. The predicted molar refractivity (Wildman–Crippen MR) is 155 cm³/mol. The molecular weight excluding hydrogens is 637 g/mol. The second-order valence-corrected chi connectivity index (χ2v) is 13.0. The van der Waals surface area contributed by atoms with E-state index in [1.807, 2.05) is 6.07 Å². The van der Waals surface area contributed by atoms with Crippen LogP contribution in [0.25, 0.3) is 0 Å². The molecule has 0 bridgehead atoms. The molecule has 12 heteroatoms. The molecule has 0 atom stereocenters. The molecule has 0 radical (unpaired) electrons. The molecule has 4 rings (SSSR count). The maximum atomic E-state index is 14.7. The number of carbonyl (C=O) groups is 2. The van der Waals surface area contributed by atoms with Gasteiger partial charge in [-0.1, -0.05) is 28.1 Å². The third kappa shape index (κ3) is 7.78. The van der Waals surface area contributed by atoms with E-state index in [4.69, 9.17) is 4.74 Å². The van der Waals surface area contributed by atoms with Gasteiger partial charge in [-0.15, -0.1) is 0 Å². The molecule has 0 saturated heterocycles. The van der Waals surface area contributed by atoms with Crippen molar-refractivity contribution in [2.45, 2.75) is 44.0 Å². The maximum absolute atomic E-state index is 14.7. The Balaban J connectivity index is 1.59. The normalized spacial score (nSPS) is 17.2. The summed E-state index contributed by atoms with van der Waals surface area (Å²) in [4.78, 5) is 24.7. The number of nitrogens with one attached hydrogen (secondary N) is 1. The topological polar surface area (TPSA) is 92.8 Å². The zero-order valence-electron chi connectivity index (χ0n) is 22.8. The fraction of sp³-hybridized carbons (Fsp3) is 0.333. The van der Waals surface area contributed by atoms with Crippen LogP contribution < -0.4 is 5.32 Å². The fourth-order valence-electron chi connectivity index (χ4n) is 4.98. The summed E-state index contributed by atoms with van der Waals surface area (Å²) in [5.74, 6) is -4.82. The first-order valence-corrected chi connectivity index (χ1v) is 15.7. The van der Waals surface area contributed by atoms with E-state index in [1.165, 1.54) is 4.31 Å². The zero-order valence-corrected chi connectivity index (χ0v) is 25.2. The Morgan fingerprint density at radius 3 is 2.33 bits per heavy atom. The molecule has 0 aliphatic heterocycles. The van der Waals surface area contributed by atoms with E-state index in [0.717, 1.165) is 40.9 Å². The average Bonchev–Trinajstić information content (AvgIpc) is 2.95. The van der Waals surface area contributed by atoms with E-state index in [9.17, 15) is 31.2 Å². The maximum Gasteiger partial charge on any atom is 0.308 e. The van der Waals surface area contributed by atoms with Gasteiger partial charge in [-0.25, -0.2) is 21.6 Å². The van der Waals surface area contributed by atoms with Gasteiger partial charge in [0.2, 0.25) is 10.0 Å². The van der Waals surface area contributed by atoms with Crippen molar-refractivity contribution in [2.75, 3.05) is 18.5 Å². The van der Waals surface area contributed by atoms with Crippen LogP contribution in [0.15, 0.2) is 70.0 Å². The molecule has 42 heavy (non-hydrogen) atoms. The first-order chi connectivity index (χ1) is 20.0. The van der Waals surface area contributed by atoms with Gasteiger partial charge >= 0.3 is 5.97 Å². The van der Waals surface area contributed by atoms with Gasteiger partial charge < -0.3 is 10.1 Å². The molecule has 1 amide bonds. The third-order valence-corrected chi connectivity index (χ3v) is 9.48. The fourth-order valence-corrected chi connectivity index (χ4v) is 6.95. The molecule has 7 nitrogen and oxygen atoms in total. The lowest BCUT2D eigenvalue weighted by atomic mass is 9.82. The van der Waals surface area contributed by atoms with E-state index in [0.29, 0.717) is 37.9 Å². The Bertz CT molecular complexity index is 1560. The average molecular weight is 668 g/mol. The van der Waals surface area contributed by atoms with Crippen LogP contribution in [0.2, 0.25) is 0 Å². The highest BCUT2D eigenvalue weighted by molar-refractivity contribution is 9.10. The molecule has 1 aliphatic carbocycles. The molecular formula is C30H30BrF3N2O5S. The summed E-state index contributed by atoms with van der Waals surface area (Å²) < 4.78 is 76.8. The Kier molecular flexibility index (Phi) is 10.4. The van der Waals surface area contributed by atoms with Crippen LogP contribution in [0, 0.1) is 29.3 Å². The molecule has 3 aromatic carbocycles. The summed E-state index contributed by atoms with van der Waals surface area (Å²) in [6, 6.07) is 12.7.